The lowest BCUT2D eigenvalue weighted by atomic mass is 10.1. The second-order valence-electron chi connectivity index (χ2n) is 7.02. The van der Waals surface area contributed by atoms with Crippen molar-refractivity contribution in [1.82, 2.24) is 15.0 Å². The number of nitrogens with zero attached hydrogens (tertiary/aromatic N) is 3. The second-order valence-corrected chi connectivity index (χ2v) is 7.02. The maximum Gasteiger partial charge on any atom is 0.276 e. The van der Waals surface area contributed by atoms with Crippen molar-refractivity contribution in [2.45, 2.75) is 32.1 Å². The fourth-order valence-corrected chi connectivity index (χ4v) is 3.29. The topological polar surface area (TPSA) is 66.7 Å². The van der Waals surface area contributed by atoms with E-state index in [1.165, 1.54) is 5.56 Å². The maximum absolute atomic E-state index is 12.6. The summed E-state index contributed by atoms with van der Waals surface area (Å²) in [4.78, 5) is 28.8. The third-order valence-corrected chi connectivity index (χ3v) is 5.19. The zero-order valence-corrected chi connectivity index (χ0v) is 15.0. The zero-order chi connectivity index (χ0) is 18.1. The van der Waals surface area contributed by atoms with Gasteiger partial charge in [-0.05, 0) is 37.0 Å². The van der Waals surface area contributed by atoms with Crippen LogP contribution >= 0.6 is 0 Å². The number of rotatable bonds is 4. The molecule has 0 unspecified atom stereocenters. The average molecular weight is 353 g/mol. The standard InChI is InChI=1S/C20H23N3O3/c1-2-14-3-5-16(6-4-14)19(24)22-9-11-23(12-10-22)20(25)17-13-18(26-21-17)15-7-8-15/h3-6,13,15H,2,7-12H2,1H3. The number of benzene rings is 1. The smallest absolute Gasteiger partial charge is 0.276 e. The molecule has 1 saturated heterocycles. The Morgan fingerprint density at radius 2 is 1.65 bits per heavy atom. The summed E-state index contributed by atoms with van der Waals surface area (Å²) in [6.07, 6.45) is 3.19. The molecule has 0 N–H and O–H groups in total. The molecule has 1 saturated carbocycles. The van der Waals surface area contributed by atoms with Gasteiger partial charge in [-0.25, -0.2) is 0 Å². The summed E-state index contributed by atoms with van der Waals surface area (Å²) < 4.78 is 5.27. The van der Waals surface area contributed by atoms with Gasteiger partial charge in [0.15, 0.2) is 5.69 Å². The first-order valence-electron chi connectivity index (χ1n) is 9.30. The fourth-order valence-electron chi connectivity index (χ4n) is 3.29. The fraction of sp³-hybridized carbons (Fsp3) is 0.450. The summed E-state index contributed by atoms with van der Waals surface area (Å²) in [5, 5.41) is 3.92. The molecule has 6 nitrogen and oxygen atoms in total. The lowest BCUT2D eigenvalue weighted by molar-refractivity contribution is 0.0530. The molecule has 2 aromatic rings. The molecule has 1 aliphatic heterocycles. The molecule has 136 valence electrons. The number of aryl methyl sites for hydroxylation is 1. The van der Waals surface area contributed by atoms with Crippen LogP contribution in [0.5, 0.6) is 0 Å². The van der Waals surface area contributed by atoms with Crippen molar-refractivity contribution in [3.63, 3.8) is 0 Å². The quantitative estimate of drug-likeness (QED) is 0.848. The SMILES string of the molecule is CCc1ccc(C(=O)N2CCN(C(=O)c3cc(C4CC4)on3)CC2)cc1. The van der Waals surface area contributed by atoms with E-state index in [4.69, 9.17) is 4.52 Å². The zero-order valence-electron chi connectivity index (χ0n) is 15.0. The Labute approximate surface area is 152 Å². The van der Waals surface area contributed by atoms with Crippen molar-refractivity contribution in [2.24, 2.45) is 0 Å². The van der Waals surface area contributed by atoms with E-state index in [1.807, 2.05) is 29.2 Å². The first-order valence-corrected chi connectivity index (χ1v) is 9.30. The molecule has 0 radical (unpaired) electrons. The highest BCUT2D eigenvalue weighted by atomic mass is 16.5. The van der Waals surface area contributed by atoms with Gasteiger partial charge in [0.05, 0.1) is 0 Å². The van der Waals surface area contributed by atoms with Crippen molar-refractivity contribution >= 4 is 11.8 Å². The van der Waals surface area contributed by atoms with Crippen LogP contribution in [-0.4, -0.2) is 52.9 Å². The summed E-state index contributed by atoms with van der Waals surface area (Å²) >= 11 is 0. The van der Waals surface area contributed by atoms with Gasteiger partial charge in [0.1, 0.15) is 5.76 Å². The largest absolute Gasteiger partial charge is 0.360 e. The number of carbonyl (C=O) groups excluding carboxylic acids is 2. The molecule has 4 rings (SSSR count). The molecular weight excluding hydrogens is 330 g/mol. The minimum absolute atomic E-state index is 0.0252. The predicted octanol–water partition coefficient (Wildman–Crippen LogP) is 2.71. The van der Waals surface area contributed by atoms with Crippen LogP contribution in [0.2, 0.25) is 0 Å². The van der Waals surface area contributed by atoms with E-state index in [0.717, 1.165) is 25.0 Å². The minimum Gasteiger partial charge on any atom is -0.360 e. The molecule has 0 bridgehead atoms. The number of piperazine rings is 1. The molecule has 0 atom stereocenters. The maximum atomic E-state index is 12.6. The number of hydrogen-bond donors (Lipinski definition) is 0. The average Bonchev–Trinajstić information content (AvgIpc) is 3.44. The van der Waals surface area contributed by atoms with E-state index in [9.17, 15) is 9.59 Å². The highest BCUT2D eigenvalue weighted by molar-refractivity contribution is 5.95. The van der Waals surface area contributed by atoms with Crippen LogP contribution in [0.1, 0.15) is 57.9 Å². The van der Waals surface area contributed by atoms with Gasteiger partial charge >= 0.3 is 0 Å². The van der Waals surface area contributed by atoms with Crippen LogP contribution < -0.4 is 0 Å². The van der Waals surface area contributed by atoms with Crippen molar-refractivity contribution in [3.05, 3.63) is 52.9 Å². The van der Waals surface area contributed by atoms with E-state index >= 15 is 0 Å². The Morgan fingerprint density at radius 1 is 1.04 bits per heavy atom. The van der Waals surface area contributed by atoms with Gasteiger partial charge in [-0.1, -0.05) is 24.2 Å². The Balaban J connectivity index is 1.35. The summed E-state index contributed by atoms with van der Waals surface area (Å²) in [6.45, 7) is 4.20. The van der Waals surface area contributed by atoms with Crippen LogP contribution in [-0.2, 0) is 6.42 Å². The molecule has 2 amide bonds. The van der Waals surface area contributed by atoms with Gasteiger partial charge in [0.25, 0.3) is 11.8 Å². The number of hydrogen-bond acceptors (Lipinski definition) is 4. The van der Waals surface area contributed by atoms with Crippen LogP contribution in [0.25, 0.3) is 0 Å². The second kappa shape index (κ2) is 6.94. The molecule has 1 aromatic heterocycles. The van der Waals surface area contributed by atoms with Gasteiger partial charge in [0, 0.05) is 43.7 Å². The summed E-state index contributed by atoms with van der Waals surface area (Å²) in [5.74, 6) is 1.17. The molecule has 1 aromatic carbocycles. The molecule has 2 heterocycles. The lowest BCUT2D eigenvalue weighted by Crippen LogP contribution is -2.50. The van der Waals surface area contributed by atoms with E-state index in [1.54, 1.807) is 11.0 Å². The van der Waals surface area contributed by atoms with Gasteiger partial charge in [-0.2, -0.15) is 0 Å². The molecule has 6 heteroatoms. The number of aromatic nitrogens is 1. The Morgan fingerprint density at radius 3 is 2.23 bits per heavy atom. The first kappa shape index (κ1) is 16.8. The highest BCUT2D eigenvalue weighted by Gasteiger charge is 2.31. The number of carbonyl (C=O) groups is 2. The summed E-state index contributed by atoms with van der Waals surface area (Å²) in [6, 6.07) is 9.53. The highest BCUT2D eigenvalue weighted by Crippen LogP contribution is 2.40. The Bertz CT molecular complexity index is 800. The van der Waals surface area contributed by atoms with Crippen molar-refractivity contribution < 1.29 is 14.1 Å². The van der Waals surface area contributed by atoms with Crippen LogP contribution in [0.4, 0.5) is 0 Å². The molecule has 2 fully saturated rings. The Kier molecular flexibility index (Phi) is 4.49. The Hall–Kier alpha value is -2.63. The van der Waals surface area contributed by atoms with Gasteiger partial charge in [-0.3, -0.25) is 9.59 Å². The van der Waals surface area contributed by atoms with Gasteiger partial charge < -0.3 is 14.3 Å². The lowest BCUT2D eigenvalue weighted by Gasteiger charge is -2.34. The molecule has 1 aliphatic carbocycles. The van der Waals surface area contributed by atoms with Crippen LogP contribution in [0.3, 0.4) is 0 Å². The summed E-state index contributed by atoms with van der Waals surface area (Å²) in [5.41, 5.74) is 2.30. The molecular formula is C20H23N3O3. The van der Waals surface area contributed by atoms with E-state index in [2.05, 4.69) is 12.1 Å². The third kappa shape index (κ3) is 3.36. The molecule has 2 aliphatic rings. The number of amides is 2. The molecule has 26 heavy (non-hydrogen) atoms. The normalized spacial score (nSPS) is 17.4. The van der Waals surface area contributed by atoms with Crippen molar-refractivity contribution in [1.29, 1.82) is 0 Å². The van der Waals surface area contributed by atoms with E-state index < -0.39 is 0 Å². The monoisotopic (exact) mass is 353 g/mol. The van der Waals surface area contributed by atoms with Gasteiger partial charge in [0.2, 0.25) is 0 Å². The minimum atomic E-state index is -0.111. The third-order valence-electron chi connectivity index (χ3n) is 5.19. The summed E-state index contributed by atoms with van der Waals surface area (Å²) in [7, 11) is 0. The van der Waals surface area contributed by atoms with E-state index in [-0.39, 0.29) is 11.8 Å². The van der Waals surface area contributed by atoms with Gasteiger partial charge in [-0.15, -0.1) is 0 Å². The van der Waals surface area contributed by atoms with Crippen molar-refractivity contribution in [2.75, 3.05) is 26.2 Å². The van der Waals surface area contributed by atoms with Crippen molar-refractivity contribution in [3.8, 4) is 0 Å². The van der Waals surface area contributed by atoms with Crippen LogP contribution in [0, 0.1) is 0 Å². The van der Waals surface area contributed by atoms with Crippen LogP contribution in [0.15, 0.2) is 34.9 Å². The molecule has 0 spiro atoms. The predicted molar refractivity (Wildman–Crippen MR) is 96.1 cm³/mol. The first-order chi connectivity index (χ1) is 12.7. The van der Waals surface area contributed by atoms with E-state index in [0.29, 0.717) is 43.4 Å².